The Morgan fingerprint density at radius 3 is 2.14 bits per heavy atom. The summed E-state index contributed by atoms with van der Waals surface area (Å²) in [6.45, 7) is 1.27. The Kier molecular flexibility index (Phi) is 8.18. The van der Waals surface area contributed by atoms with Gasteiger partial charge in [0.2, 0.25) is 5.88 Å². The fourth-order valence-electron chi connectivity index (χ4n) is 4.47. The molecule has 1 N–H and O–H groups in total. The van der Waals surface area contributed by atoms with Gasteiger partial charge in [0.25, 0.3) is 10.0 Å². The molecular formula is C32H29FN4O5S. The highest BCUT2D eigenvalue weighted by molar-refractivity contribution is 7.92. The van der Waals surface area contributed by atoms with Crippen LogP contribution in [0.2, 0.25) is 0 Å². The summed E-state index contributed by atoms with van der Waals surface area (Å²) in [4.78, 5) is 14.3. The van der Waals surface area contributed by atoms with Crippen molar-refractivity contribution in [2.75, 3.05) is 30.8 Å². The summed E-state index contributed by atoms with van der Waals surface area (Å²) in [6, 6.07) is 26.1. The molecule has 0 atom stereocenters. The predicted octanol–water partition coefficient (Wildman–Crippen LogP) is 6.15. The van der Waals surface area contributed by atoms with Crippen molar-refractivity contribution in [2.45, 2.75) is 11.8 Å². The number of ether oxygens (including phenoxy) is 2. The summed E-state index contributed by atoms with van der Waals surface area (Å²) in [5.41, 5.74) is 3.94. The molecule has 9 nitrogen and oxygen atoms in total. The lowest BCUT2D eigenvalue weighted by molar-refractivity contribution is -0.132. The van der Waals surface area contributed by atoms with E-state index in [4.69, 9.17) is 14.6 Å². The first kappa shape index (κ1) is 29.3. The lowest BCUT2D eigenvalue weighted by Crippen LogP contribution is -2.12. The maximum absolute atomic E-state index is 14.2. The van der Waals surface area contributed by atoms with E-state index >= 15 is 0 Å². The van der Waals surface area contributed by atoms with Gasteiger partial charge in [0, 0.05) is 38.0 Å². The highest BCUT2D eigenvalue weighted by Gasteiger charge is 2.25. The zero-order chi connectivity index (χ0) is 30.7. The monoisotopic (exact) mass is 600 g/mol. The van der Waals surface area contributed by atoms with Crippen LogP contribution in [0.5, 0.6) is 11.6 Å². The van der Waals surface area contributed by atoms with Gasteiger partial charge in [-0.15, -0.1) is 0 Å². The van der Waals surface area contributed by atoms with E-state index in [0.29, 0.717) is 33.9 Å². The first-order valence-corrected chi connectivity index (χ1v) is 14.7. The van der Waals surface area contributed by atoms with Crippen LogP contribution in [0.25, 0.3) is 28.1 Å². The summed E-state index contributed by atoms with van der Waals surface area (Å²) in [5.74, 6) is -0.430. The Morgan fingerprint density at radius 1 is 0.907 bits per heavy atom. The Bertz CT molecular complexity index is 1870. The lowest BCUT2D eigenvalue weighted by Gasteiger charge is -2.13. The molecule has 0 radical (unpaired) electrons. The van der Waals surface area contributed by atoms with Crippen molar-refractivity contribution in [3.63, 3.8) is 0 Å². The van der Waals surface area contributed by atoms with Crippen LogP contribution in [0.15, 0.2) is 102 Å². The van der Waals surface area contributed by atoms with Crippen LogP contribution in [0.4, 0.5) is 15.8 Å². The molecule has 220 valence electrons. The Balaban J connectivity index is 1.61. The van der Waals surface area contributed by atoms with Gasteiger partial charge in [0.1, 0.15) is 17.3 Å². The number of hydrogen-bond acceptors (Lipinski definition) is 7. The van der Waals surface area contributed by atoms with E-state index in [2.05, 4.69) is 4.72 Å². The molecular weight excluding hydrogens is 571 g/mol. The van der Waals surface area contributed by atoms with E-state index in [9.17, 15) is 17.6 Å². The number of esters is 1. The number of carbonyl (C=O) groups is 1. The molecule has 5 rings (SSSR count). The van der Waals surface area contributed by atoms with E-state index in [0.717, 1.165) is 11.3 Å². The largest absolute Gasteiger partial charge is 0.497 e. The van der Waals surface area contributed by atoms with Gasteiger partial charge < -0.3 is 14.4 Å². The Morgan fingerprint density at radius 2 is 1.56 bits per heavy atom. The van der Waals surface area contributed by atoms with Crippen molar-refractivity contribution in [1.82, 2.24) is 9.78 Å². The fourth-order valence-corrected chi connectivity index (χ4v) is 5.53. The average Bonchev–Trinajstić information content (AvgIpc) is 3.35. The average molecular weight is 601 g/mol. The minimum Gasteiger partial charge on any atom is -0.497 e. The zero-order valence-corrected chi connectivity index (χ0v) is 24.7. The highest BCUT2D eigenvalue weighted by atomic mass is 32.2. The van der Waals surface area contributed by atoms with Crippen LogP contribution in [-0.4, -0.2) is 45.4 Å². The van der Waals surface area contributed by atoms with Crippen molar-refractivity contribution in [3.05, 3.63) is 103 Å². The second kappa shape index (κ2) is 12.0. The molecule has 0 aliphatic heterocycles. The third-order valence-corrected chi connectivity index (χ3v) is 7.99. The smallest absolute Gasteiger partial charge is 0.309 e. The SMILES string of the molecule is COc1ccc(S(=O)(=O)Nc2ccc(-c3c(-c4ccc(N(C)C)cc4)nn(-c4cccc(F)c4)c3OC(C)=O)cc2)cc1. The van der Waals surface area contributed by atoms with Crippen molar-refractivity contribution < 1.29 is 27.1 Å². The summed E-state index contributed by atoms with van der Waals surface area (Å²) < 4.78 is 55.0. The molecule has 1 heterocycles. The van der Waals surface area contributed by atoms with E-state index in [1.165, 1.54) is 43.0 Å². The molecule has 5 aromatic rings. The fraction of sp³-hybridized carbons (Fsp3) is 0.125. The summed E-state index contributed by atoms with van der Waals surface area (Å²) in [6.07, 6.45) is 0. The number of carbonyl (C=O) groups excluding carboxylic acids is 1. The van der Waals surface area contributed by atoms with Gasteiger partial charge in [0.05, 0.1) is 23.3 Å². The minimum absolute atomic E-state index is 0.0781. The molecule has 4 aromatic carbocycles. The van der Waals surface area contributed by atoms with Crippen LogP contribution in [-0.2, 0) is 14.8 Å². The van der Waals surface area contributed by atoms with Crippen molar-refractivity contribution in [1.29, 1.82) is 0 Å². The number of anilines is 2. The number of hydrogen-bond donors (Lipinski definition) is 1. The molecule has 0 bridgehead atoms. The Labute approximate surface area is 249 Å². The standard InChI is InChI=1S/C32H29FN4O5S/c1-21(38)42-32-30(22-8-12-25(13-9-22)35-43(39,40)29-18-16-28(41-4)17-19-29)31(23-10-14-26(15-11-23)36(2)3)34-37(32)27-7-5-6-24(33)20-27/h5-20,35H,1-4H3. The minimum atomic E-state index is -3.87. The van der Waals surface area contributed by atoms with Crippen LogP contribution in [0.1, 0.15) is 6.92 Å². The first-order chi connectivity index (χ1) is 20.6. The molecule has 43 heavy (non-hydrogen) atoms. The quantitative estimate of drug-likeness (QED) is 0.203. The van der Waals surface area contributed by atoms with Crippen LogP contribution in [0.3, 0.4) is 0 Å². The molecule has 11 heteroatoms. The van der Waals surface area contributed by atoms with Gasteiger partial charge in [-0.2, -0.15) is 9.78 Å². The third-order valence-electron chi connectivity index (χ3n) is 6.59. The number of nitrogens with one attached hydrogen (secondary N) is 1. The molecule has 0 aliphatic rings. The first-order valence-electron chi connectivity index (χ1n) is 13.2. The third kappa shape index (κ3) is 6.36. The van der Waals surface area contributed by atoms with E-state index in [-0.39, 0.29) is 10.8 Å². The van der Waals surface area contributed by atoms with Gasteiger partial charge in [-0.1, -0.05) is 30.3 Å². The van der Waals surface area contributed by atoms with Crippen LogP contribution < -0.4 is 19.1 Å². The number of methoxy groups -OCH3 is 1. The van der Waals surface area contributed by atoms with E-state index < -0.39 is 21.8 Å². The summed E-state index contributed by atoms with van der Waals surface area (Å²) in [7, 11) is 1.50. The number of rotatable bonds is 9. The normalized spacial score (nSPS) is 11.2. The predicted molar refractivity (Wildman–Crippen MR) is 164 cm³/mol. The molecule has 0 unspecified atom stereocenters. The highest BCUT2D eigenvalue weighted by Crippen LogP contribution is 2.41. The number of nitrogens with zero attached hydrogens (tertiary/aromatic N) is 3. The molecule has 0 amide bonds. The molecule has 0 aliphatic carbocycles. The van der Waals surface area contributed by atoms with Crippen molar-refractivity contribution in [2.24, 2.45) is 0 Å². The maximum atomic E-state index is 14.2. The molecule has 0 saturated carbocycles. The van der Waals surface area contributed by atoms with Crippen LogP contribution >= 0.6 is 0 Å². The van der Waals surface area contributed by atoms with Gasteiger partial charge in [-0.3, -0.25) is 9.52 Å². The number of sulfonamides is 1. The van der Waals surface area contributed by atoms with Crippen molar-refractivity contribution >= 4 is 27.4 Å². The van der Waals surface area contributed by atoms with E-state index in [1.807, 2.05) is 43.3 Å². The topological polar surface area (TPSA) is 103 Å². The molecule has 1 aromatic heterocycles. The number of benzene rings is 4. The molecule has 0 fully saturated rings. The molecule has 0 spiro atoms. The van der Waals surface area contributed by atoms with E-state index in [1.54, 1.807) is 48.5 Å². The summed E-state index contributed by atoms with van der Waals surface area (Å²) in [5, 5.41) is 4.77. The van der Waals surface area contributed by atoms with Crippen LogP contribution in [0, 0.1) is 5.82 Å². The number of aromatic nitrogens is 2. The number of halogens is 1. The van der Waals surface area contributed by atoms with Gasteiger partial charge >= 0.3 is 5.97 Å². The van der Waals surface area contributed by atoms with Gasteiger partial charge in [-0.05, 0) is 72.3 Å². The second-order valence-corrected chi connectivity index (χ2v) is 11.5. The maximum Gasteiger partial charge on any atom is 0.309 e. The van der Waals surface area contributed by atoms with Crippen molar-refractivity contribution in [3.8, 4) is 39.7 Å². The lowest BCUT2D eigenvalue weighted by atomic mass is 10.0. The van der Waals surface area contributed by atoms with Gasteiger partial charge in [0.15, 0.2) is 0 Å². The summed E-state index contributed by atoms with van der Waals surface area (Å²) >= 11 is 0. The molecule has 0 saturated heterocycles. The van der Waals surface area contributed by atoms with Gasteiger partial charge in [-0.25, -0.2) is 12.8 Å². The Hall–Kier alpha value is -5.16. The second-order valence-electron chi connectivity index (χ2n) is 9.81. The zero-order valence-electron chi connectivity index (χ0n) is 23.9.